The highest BCUT2D eigenvalue weighted by molar-refractivity contribution is 7.89. The van der Waals surface area contributed by atoms with Crippen LogP contribution in [0.1, 0.15) is 45.8 Å². The minimum Gasteiger partial charge on any atom is -0.388 e. The van der Waals surface area contributed by atoms with Gasteiger partial charge < -0.3 is 5.11 Å². The van der Waals surface area contributed by atoms with Gasteiger partial charge in [0.1, 0.15) is 0 Å². The highest BCUT2D eigenvalue weighted by Gasteiger charge is 2.25. The van der Waals surface area contributed by atoms with Crippen molar-refractivity contribution < 1.29 is 13.5 Å². The molecule has 0 aromatic heterocycles. The first-order valence-corrected chi connectivity index (χ1v) is 8.08. The van der Waals surface area contributed by atoms with Crippen molar-refractivity contribution in [1.82, 2.24) is 4.31 Å². The van der Waals surface area contributed by atoms with E-state index in [1.54, 1.807) is 24.3 Å². The molecule has 0 radical (unpaired) electrons. The third-order valence-electron chi connectivity index (χ3n) is 3.12. The molecule has 5 heteroatoms. The van der Waals surface area contributed by atoms with Crippen molar-refractivity contribution >= 4 is 10.0 Å². The molecule has 4 nitrogen and oxygen atoms in total. The van der Waals surface area contributed by atoms with Crippen LogP contribution in [0.25, 0.3) is 0 Å². The van der Waals surface area contributed by atoms with Crippen LogP contribution in [-0.2, 0) is 10.0 Å². The summed E-state index contributed by atoms with van der Waals surface area (Å²) < 4.78 is 26.5. The van der Waals surface area contributed by atoms with Crippen LogP contribution in [0.3, 0.4) is 0 Å². The third kappa shape index (κ3) is 3.55. The van der Waals surface area contributed by atoms with E-state index in [4.69, 9.17) is 0 Å². The van der Waals surface area contributed by atoms with Crippen molar-refractivity contribution in [3.8, 4) is 0 Å². The summed E-state index contributed by atoms with van der Waals surface area (Å²) in [6.07, 6.45) is -0.0604. The molecular weight excluding hydrogens is 262 g/mol. The maximum atomic E-state index is 12.5. The number of sulfonamides is 1. The van der Waals surface area contributed by atoms with Crippen molar-refractivity contribution in [3.63, 3.8) is 0 Å². The third-order valence-corrected chi connectivity index (χ3v) is 5.27. The Morgan fingerprint density at radius 2 is 1.89 bits per heavy atom. The molecule has 1 aromatic rings. The second kappa shape index (κ2) is 6.50. The van der Waals surface area contributed by atoms with E-state index in [1.807, 2.05) is 27.7 Å². The first-order chi connectivity index (χ1) is 8.84. The fourth-order valence-electron chi connectivity index (χ4n) is 2.07. The van der Waals surface area contributed by atoms with Crippen LogP contribution in [0.4, 0.5) is 0 Å². The van der Waals surface area contributed by atoms with Gasteiger partial charge >= 0.3 is 0 Å². The summed E-state index contributed by atoms with van der Waals surface area (Å²) in [5.74, 6) is 0. The van der Waals surface area contributed by atoms with E-state index in [0.29, 0.717) is 18.5 Å². The largest absolute Gasteiger partial charge is 0.388 e. The zero-order valence-electron chi connectivity index (χ0n) is 12.0. The Balaban J connectivity index is 3.22. The van der Waals surface area contributed by atoms with Gasteiger partial charge in [0.2, 0.25) is 10.0 Å². The number of benzene rings is 1. The van der Waals surface area contributed by atoms with Crippen molar-refractivity contribution in [2.75, 3.05) is 6.54 Å². The molecule has 108 valence electrons. The van der Waals surface area contributed by atoms with Crippen molar-refractivity contribution in [2.45, 2.75) is 51.2 Å². The average molecular weight is 285 g/mol. The summed E-state index contributed by atoms with van der Waals surface area (Å²) in [5, 5.41) is 9.82. The Bertz CT molecular complexity index is 511. The topological polar surface area (TPSA) is 57.6 Å². The quantitative estimate of drug-likeness (QED) is 0.874. The van der Waals surface area contributed by atoms with Crippen LogP contribution in [0.15, 0.2) is 29.2 Å². The molecule has 0 amide bonds. The van der Waals surface area contributed by atoms with Crippen LogP contribution < -0.4 is 0 Å². The van der Waals surface area contributed by atoms with Gasteiger partial charge in [-0.1, -0.05) is 26.0 Å². The van der Waals surface area contributed by atoms with Crippen molar-refractivity contribution in [2.24, 2.45) is 0 Å². The number of aliphatic hydroxyl groups is 1. The zero-order chi connectivity index (χ0) is 14.6. The minimum atomic E-state index is -3.49. The number of nitrogens with zero attached hydrogens (tertiary/aromatic N) is 1. The number of aliphatic hydroxyl groups excluding tert-OH is 1. The predicted molar refractivity (Wildman–Crippen MR) is 76.4 cm³/mol. The lowest BCUT2D eigenvalue weighted by atomic mass is 10.1. The van der Waals surface area contributed by atoms with Gasteiger partial charge in [0.15, 0.2) is 0 Å². The van der Waals surface area contributed by atoms with Crippen LogP contribution in [0.5, 0.6) is 0 Å². The van der Waals surface area contributed by atoms with Crippen molar-refractivity contribution in [1.29, 1.82) is 0 Å². The lowest BCUT2D eigenvalue weighted by Crippen LogP contribution is -2.36. The van der Waals surface area contributed by atoms with Gasteiger partial charge in [-0.15, -0.1) is 0 Å². The first kappa shape index (κ1) is 16.1. The van der Waals surface area contributed by atoms with E-state index in [0.717, 1.165) is 0 Å². The zero-order valence-corrected chi connectivity index (χ0v) is 12.8. The van der Waals surface area contributed by atoms with E-state index < -0.39 is 16.1 Å². The van der Waals surface area contributed by atoms with Crippen LogP contribution >= 0.6 is 0 Å². The fourth-order valence-corrected chi connectivity index (χ4v) is 3.77. The molecule has 0 aliphatic carbocycles. The van der Waals surface area contributed by atoms with Gasteiger partial charge in [0, 0.05) is 12.6 Å². The van der Waals surface area contributed by atoms with Gasteiger partial charge in [0.05, 0.1) is 11.0 Å². The maximum Gasteiger partial charge on any atom is 0.243 e. The summed E-state index contributed by atoms with van der Waals surface area (Å²) in [5.41, 5.74) is 0.642. The number of rotatable bonds is 6. The summed E-state index contributed by atoms with van der Waals surface area (Å²) in [6.45, 7) is 7.82. The van der Waals surface area contributed by atoms with E-state index in [-0.39, 0.29) is 10.9 Å². The molecule has 0 spiro atoms. The summed E-state index contributed by atoms with van der Waals surface area (Å²) in [7, 11) is -3.49. The average Bonchev–Trinajstić information content (AvgIpc) is 2.38. The van der Waals surface area contributed by atoms with Gasteiger partial charge in [-0.05, 0) is 38.0 Å². The Morgan fingerprint density at radius 1 is 1.26 bits per heavy atom. The second-order valence-corrected chi connectivity index (χ2v) is 6.69. The number of hydrogen-bond acceptors (Lipinski definition) is 3. The van der Waals surface area contributed by atoms with E-state index in [2.05, 4.69) is 0 Å². The van der Waals surface area contributed by atoms with Gasteiger partial charge in [-0.2, -0.15) is 4.31 Å². The molecule has 1 atom stereocenters. The van der Waals surface area contributed by atoms with Crippen LogP contribution in [0.2, 0.25) is 0 Å². The molecule has 19 heavy (non-hydrogen) atoms. The van der Waals surface area contributed by atoms with Gasteiger partial charge in [0.25, 0.3) is 0 Å². The lowest BCUT2D eigenvalue weighted by Gasteiger charge is -2.24. The Kier molecular flexibility index (Phi) is 5.52. The molecule has 0 saturated carbocycles. The Labute approximate surface area is 116 Å². The molecule has 0 aliphatic rings. The fraction of sp³-hybridized carbons (Fsp3) is 0.571. The van der Waals surface area contributed by atoms with Gasteiger partial charge in [-0.3, -0.25) is 0 Å². The second-order valence-electron chi connectivity index (χ2n) is 4.80. The van der Waals surface area contributed by atoms with Crippen molar-refractivity contribution in [3.05, 3.63) is 29.8 Å². The molecule has 0 heterocycles. The monoisotopic (exact) mass is 285 g/mol. The molecule has 1 aromatic carbocycles. The molecule has 0 aliphatic heterocycles. The van der Waals surface area contributed by atoms with Crippen LogP contribution in [-0.4, -0.2) is 30.4 Å². The molecule has 0 fully saturated rings. The van der Waals surface area contributed by atoms with Crippen LogP contribution in [0, 0.1) is 0 Å². The van der Waals surface area contributed by atoms with E-state index >= 15 is 0 Å². The smallest absolute Gasteiger partial charge is 0.243 e. The molecular formula is C14H23NO3S. The normalized spacial score (nSPS) is 14.1. The summed E-state index contributed by atoms with van der Waals surface area (Å²) in [6, 6.07) is 6.48. The van der Waals surface area contributed by atoms with E-state index in [9.17, 15) is 13.5 Å². The highest BCUT2D eigenvalue weighted by atomic mass is 32.2. The number of hydrogen-bond donors (Lipinski definition) is 1. The molecule has 1 unspecified atom stereocenters. The molecule has 1 N–H and O–H groups in total. The molecule has 0 bridgehead atoms. The highest BCUT2D eigenvalue weighted by Crippen LogP contribution is 2.23. The van der Waals surface area contributed by atoms with E-state index in [1.165, 1.54) is 4.31 Å². The Morgan fingerprint density at radius 3 is 2.37 bits per heavy atom. The predicted octanol–water partition coefficient (Wildman–Crippen LogP) is 2.55. The summed E-state index contributed by atoms with van der Waals surface area (Å²) in [4.78, 5) is 0.244. The SMILES string of the molecule is CCC(O)c1cccc(S(=O)(=O)N(CC)C(C)C)c1. The lowest BCUT2D eigenvalue weighted by molar-refractivity contribution is 0.173. The first-order valence-electron chi connectivity index (χ1n) is 6.64. The Hall–Kier alpha value is -0.910. The summed E-state index contributed by atoms with van der Waals surface area (Å²) >= 11 is 0. The maximum absolute atomic E-state index is 12.5. The minimum absolute atomic E-state index is 0.0882. The molecule has 1 rings (SSSR count). The molecule has 0 saturated heterocycles. The van der Waals surface area contributed by atoms with Gasteiger partial charge in [-0.25, -0.2) is 8.42 Å². The standard InChI is InChI=1S/C14H23NO3S/c1-5-14(16)12-8-7-9-13(10-12)19(17,18)15(6-2)11(3)4/h7-11,14,16H,5-6H2,1-4H3.